The Hall–Kier alpha value is -5.40. The SMILES string of the molecule is Cc1cc(=O)[nH]nc1-c1ccc(N(C)C(N)=O)nc1.NC(=O)Nc1ccc(-c2ccc(=O)[nH]n2)cn1. The lowest BCUT2D eigenvalue weighted by atomic mass is 10.1. The van der Waals surface area contributed by atoms with Crippen molar-refractivity contribution in [2.45, 2.75) is 6.92 Å². The van der Waals surface area contributed by atoms with Gasteiger partial charge in [0.2, 0.25) is 0 Å². The van der Waals surface area contributed by atoms with Crippen molar-refractivity contribution in [2.75, 3.05) is 17.3 Å². The molecule has 14 heteroatoms. The molecule has 184 valence electrons. The number of anilines is 2. The van der Waals surface area contributed by atoms with E-state index in [0.29, 0.717) is 23.0 Å². The highest BCUT2D eigenvalue weighted by Gasteiger charge is 2.10. The molecule has 4 amide bonds. The second-order valence-corrected chi connectivity index (χ2v) is 7.29. The summed E-state index contributed by atoms with van der Waals surface area (Å²) < 4.78 is 0. The maximum atomic E-state index is 11.1. The molecule has 4 aromatic rings. The van der Waals surface area contributed by atoms with Crippen molar-refractivity contribution >= 4 is 23.7 Å². The Labute approximate surface area is 203 Å². The van der Waals surface area contributed by atoms with Crippen molar-refractivity contribution < 1.29 is 9.59 Å². The topological polar surface area (TPSA) is 219 Å². The van der Waals surface area contributed by atoms with Gasteiger partial charge in [-0.05, 0) is 42.8 Å². The fourth-order valence-corrected chi connectivity index (χ4v) is 2.88. The third-order valence-corrected chi connectivity index (χ3v) is 4.68. The Morgan fingerprint density at radius 3 is 2.11 bits per heavy atom. The van der Waals surface area contributed by atoms with Crippen molar-refractivity contribution in [2.24, 2.45) is 11.5 Å². The number of carbonyl (C=O) groups is 2. The lowest BCUT2D eigenvalue weighted by Crippen LogP contribution is -2.32. The number of nitrogens with two attached hydrogens (primary N) is 2. The van der Waals surface area contributed by atoms with Gasteiger partial charge in [-0.25, -0.2) is 29.8 Å². The normalized spacial score (nSPS) is 10.1. The van der Waals surface area contributed by atoms with Crippen LogP contribution >= 0.6 is 0 Å². The van der Waals surface area contributed by atoms with E-state index in [-0.39, 0.29) is 11.1 Å². The van der Waals surface area contributed by atoms with Gasteiger partial charge in [-0.15, -0.1) is 0 Å². The molecule has 0 aliphatic heterocycles. The summed E-state index contributed by atoms with van der Waals surface area (Å²) in [5, 5.41) is 14.9. The summed E-state index contributed by atoms with van der Waals surface area (Å²) in [5.41, 5.74) is 13.0. The highest BCUT2D eigenvalue weighted by Crippen LogP contribution is 2.20. The zero-order chi connectivity index (χ0) is 26.2. The van der Waals surface area contributed by atoms with Crippen molar-refractivity contribution in [3.05, 3.63) is 81.1 Å². The molecule has 0 aliphatic carbocycles. The van der Waals surface area contributed by atoms with Crippen LogP contribution in [0.15, 0.2) is 64.4 Å². The van der Waals surface area contributed by atoms with Gasteiger partial charge in [-0.1, -0.05) is 0 Å². The van der Waals surface area contributed by atoms with Crippen LogP contribution in [0.1, 0.15) is 5.56 Å². The molecule has 7 N–H and O–H groups in total. The molecule has 4 rings (SSSR count). The van der Waals surface area contributed by atoms with Crippen LogP contribution in [-0.4, -0.2) is 49.5 Å². The number of carbonyl (C=O) groups excluding carboxylic acids is 2. The number of aryl methyl sites for hydroxylation is 1. The van der Waals surface area contributed by atoms with Crippen molar-refractivity contribution in [1.29, 1.82) is 0 Å². The molecule has 0 aliphatic rings. The zero-order valence-corrected chi connectivity index (χ0v) is 19.2. The summed E-state index contributed by atoms with van der Waals surface area (Å²) in [6.07, 6.45) is 3.09. The number of amides is 4. The summed E-state index contributed by atoms with van der Waals surface area (Å²) in [5.74, 6) is 0.795. The lowest BCUT2D eigenvalue weighted by molar-refractivity contribution is 0.255. The molecular formula is C22H22N10O4. The second-order valence-electron chi connectivity index (χ2n) is 7.29. The van der Waals surface area contributed by atoms with E-state index in [2.05, 4.69) is 35.7 Å². The number of aromatic nitrogens is 6. The minimum atomic E-state index is -0.674. The van der Waals surface area contributed by atoms with Crippen LogP contribution in [0.2, 0.25) is 0 Å². The van der Waals surface area contributed by atoms with E-state index in [1.54, 1.807) is 43.5 Å². The van der Waals surface area contributed by atoms with Crippen LogP contribution in [0.4, 0.5) is 21.2 Å². The minimum Gasteiger partial charge on any atom is -0.351 e. The van der Waals surface area contributed by atoms with Gasteiger partial charge in [-0.2, -0.15) is 10.2 Å². The Morgan fingerprint density at radius 1 is 0.889 bits per heavy atom. The Morgan fingerprint density at radius 2 is 1.58 bits per heavy atom. The van der Waals surface area contributed by atoms with Crippen LogP contribution in [0, 0.1) is 6.92 Å². The van der Waals surface area contributed by atoms with Gasteiger partial charge in [0.1, 0.15) is 11.6 Å². The lowest BCUT2D eigenvalue weighted by Gasteiger charge is -2.13. The maximum Gasteiger partial charge on any atom is 0.320 e. The summed E-state index contributed by atoms with van der Waals surface area (Å²) >= 11 is 0. The number of rotatable bonds is 4. The molecule has 0 aromatic carbocycles. The quantitative estimate of drug-likeness (QED) is 0.277. The second kappa shape index (κ2) is 11.1. The standard InChI is InChI=1S/C12H13N5O2.C10H9N5O2/c1-7-5-10(18)15-16-11(7)8-3-4-9(14-6-8)17(2)12(13)19;11-10(17)13-8-3-1-6(5-12-8)7-2-4-9(16)15-14-7/h3-6H,1-2H3,(H2,13,19)(H,15,18);1-5H,(H,15,16)(H3,11,12,13,17). The molecule has 14 nitrogen and oxygen atoms in total. The molecule has 0 spiro atoms. The molecular weight excluding hydrogens is 468 g/mol. The Balaban J connectivity index is 0.000000202. The fraction of sp³-hybridized carbons (Fsp3) is 0.0909. The number of hydrogen-bond acceptors (Lipinski definition) is 8. The molecule has 36 heavy (non-hydrogen) atoms. The van der Waals surface area contributed by atoms with Gasteiger partial charge in [-0.3, -0.25) is 19.8 Å². The van der Waals surface area contributed by atoms with E-state index >= 15 is 0 Å². The van der Waals surface area contributed by atoms with Crippen LogP contribution in [-0.2, 0) is 0 Å². The zero-order valence-electron chi connectivity index (χ0n) is 19.2. The third kappa shape index (κ3) is 6.57. The van der Waals surface area contributed by atoms with E-state index in [9.17, 15) is 19.2 Å². The molecule has 0 saturated heterocycles. The molecule has 0 bridgehead atoms. The van der Waals surface area contributed by atoms with Crippen LogP contribution in [0.3, 0.4) is 0 Å². The first-order valence-corrected chi connectivity index (χ1v) is 10.3. The number of urea groups is 2. The van der Waals surface area contributed by atoms with Gasteiger partial charge < -0.3 is 11.5 Å². The number of nitrogens with one attached hydrogen (secondary N) is 3. The molecule has 4 heterocycles. The van der Waals surface area contributed by atoms with Crippen LogP contribution < -0.4 is 32.8 Å². The first-order chi connectivity index (χ1) is 17.1. The number of pyridine rings is 2. The predicted octanol–water partition coefficient (Wildman–Crippen LogP) is 0.978. The summed E-state index contributed by atoms with van der Waals surface area (Å²) in [7, 11) is 1.54. The minimum absolute atomic E-state index is 0.251. The Kier molecular flexibility index (Phi) is 7.81. The number of hydrogen-bond donors (Lipinski definition) is 5. The van der Waals surface area contributed by atoms with Gasteiger partial charge >= 0.3 is 12.1 Å². The Bertz CT molecular complexity index is 1460. The van der Waals surface area contributed by atoms with Crippen molar-refractivity contribution in [3.63, 3.8) is 0 Å². The van der Waals surface area contributed by atoms with E-state index < -0.39 is 12.1 Å². The number of aromatic amines is 2. The van der Waals surface area contributed by atoms with Crippen LogP contribution in [0.25, 0.3) is 22.5 Å². The van der Waals surface area contributed by atoms with Gasteiger partial charge in [0.15, 0.2) is 0 Å². The third-order valence-electron chi connectivity index (χ3n) is 4.68. The summed E-state index contributed by atoms with van der Waals surface area (Å²) in [4.78, 5) is 52.9. The molecule has 4 aromatic heterocycles. The maximum absolute atomic E-state index is 11.1. The van der Waals surface area contributed by atoms with Gasteiger partial charge in [0.25, 0.3) is 11.1 Å². The summed E-state index contributed by atoms with van der Waals surface area (Å²) in [6, 6.07) is 9.87. The highest BCUT2D eigenvalue weighted by atomic mass is 16.2. The number of H-pyrrole nitrogens is 2. The van der Waals surface area contributed by atoms with E-state index in [1.165, 1.54) is 30.3 Å². The van der Waals surface area contributed by atoms with E-state index in [0.717, 1.165) is 16.7 Å². The van der Waals surface area contributed by atoms with Crippen molar-refractivity contribution in [3.8, 4) is 22.5 Å². The fourth-order valence-electron chi connectivity index (χ4n) is 2.88. The van der Waals surface area contributed by atoms with Crippen LogP contribution in [0.5, 0.6) is 0 Å². The molecule has 0 radical (unpaired) electrons. The largest absolute Gasteiger partial charge is 0.351 e. The molecule has 0 saturated carbocycles. The predicted molar refractivity (Wildman–Crippen MR) is 132 cm³/mol. The summed E-state index contributed by atoms with van der Waals surface area (Å²) in [6.45, 7) is 1.79. The molecule has 0 atom stereocenters. The van der Waals surface area contributed by atoms with Gasteiger partial charge in [0.05, 0.1) is 11.4 Å². The van der Waals surface area contributed by atoms with E-state index in [4.69, 9.17) is 11.5 Å². The van der Waals surface area contributed by atoms with Gasteiger partial charge in [0, 0.05) is 42.7 Å². The monoisotopic (exact) mass is 490 g/mol. The first kappa shape index (κ1) is 25.2. The average Bonchev–Trinajstić information content (AvgIpc) is 2.85. The molecule has 0 fully saturated rings. The van der Waals surface area contributed by atoms with Crippen molar-refractivity contribution in [1.82, 2.24) is 30.4 Å². The average molecular weight is 490 g/mol. The van der Waals surface area contributed by atoms with E-state index in [1.807, 2.05) is 0 Å². The first-order valence-electron chi connectivity index (χ1n) is 10.3. The highest BCUT2D eigenvalue weighted by molar-refractivity contribution is 5.89. The smallest absolute Gasteiger partial charge is 0.320 e. The molecule has 0 unspecified atom stereocenters. The number of nitrogens with zero attached hydrogens (tertiary/aromatic N) is 5. The number of primary amides is 2.